The second-order valence-corrected chi connectivity index (χ2v) is 16.3. The van der Waals surface area contributed by atoms with Crippen molar-refractivity contribution in [1.29, 1.82) is 0 Å². The third kappa shape index (κ3) is 8.84. The molecule has 8 aromatic rings. The minimum atomic E-state index is -3.81. The van der Waals surface area contributed by atoms with Gasteiger partial charge in [0.15, 0.2) is 0 Å². The van der Waals surface area contributed by atoms with Gasteiger partial charge >= 0.3 is 0 Å². The third-order valence-corrected chi connectivity index (χ3v) is 11.6. The molecule has 0 saturated carbocycles. The zero-order chi connectivity index (χ0) is 36.4. The van der Waals surface area contributed by atoms with Crippen LogP contribution in [0.2, 0.25) is 0 Å². The van der Waals surface area contributed by atoms with Crippen molar-refractivity contribution in [2.75, 3.05) is 31.6 Å². The topological polar surface area (TPSA) is 142 Å². The molecule has 10 nitrogen and oxygen atoms in total. The maximum Gasteiger partial charge on any atom is 0.232 e. The van der Waals surface area contributed by atoms with E-state index in [0.29, 0.717) is 11.4 Å². The van der Waals surface area contributed by atoms with Crippen LogP contribution >= 0.6 is 24.8 Å². The fraction of sp³-hybridized carbons (Fsp3) is 0.0732. The van der Waals surface area contributed by atoms with E-state index in [1.165, 1.54) is 0 Å². The molecule has 4 N–H and O–H groups in total. The minimum Gasteiger partial charge on any atom is -0.354 e. The molecular formula is C41H36Cl2N6O4S2. The predicted octanol–water partition coefficient (Wildman–Crippen LogP) is 9.99. The Morgan fingerprint density at radius 2 is 0.655 bits per heavy atom. The first-order valence-electron chi connectivity index (χ1n) is 17.0. The molecule has 55 heavy (non-hydrogen) atoms. The highest BCUT2D eigenvalue weighted by Crippen LogP contribution is 2.35. The first kappa shape index (κ1) is 39.0. The summed E-state index contributed by atoms with van der Waals surface area (Å²) in [6, 6.07) is 45.4. The van der Waals surface area contributed by atoms with Crippen molar-refractivity contribution in [1.82, 2.24) is 9.97 Å². The number of rotatable bonds is 12. The summed E-state index contributed by atoms with van der Waals surface area (Å²) in [6.07, 6.45) is -0.0890. The summed E-state index contributed by atoms with van der Waals surface area (Å²) in [5.41, 5.74) is 7.59. The van der Waals surface area contributed by atoms with Crippen LogP contribution in [0.5, 0.6) is 0 Å². The van der Waals surface area contributed by atoms with Crippen LogP contribution in [-0.2, 0) is 20.0 Å². The maximum atomic E-state index is 12.9. The smallest absolute Gasteiger partial charge is 0.232 e. The summed E-state index contributed by atoms with van der Waals surface area (Å²) in [7, 11) is -7.62. The van der Waals surface area contributed by atoms with Gasteiger partial charge in [0.2, 0.25) is 20.0 Å². The number of para-hydroxylation sites is 4. The van der Waals surface area contributed by atoms with Crippen LogP contribution in [0.25, 0.3) is 43.6 Å². The Kier molecular flexibility index (Phi) is 11.6. The maximum absolute atomic E-state index is 12.9. The van der Waals surface area contributed by atoms with E-state index in [-0.39, 0.29) is 42.7 Å². The van der Waals surface area contributed by atoms with Gasteiger partial charge in [-0.3, -0.25) is 9.44 Å². The lowest BCUT2D eigenvalue weighted by Crippen LogP contribution is -2.22. The predicted molar refractivity (Wildman–Crippen MR) is 232 cm³/mol. The number of nitrogens with one attached hydrogen (secondary N) is 4. The van der Waals surface area contributed by atoms with E-state index in [1.807, 2.05) is 97.1 Å². The van der Waals surface area contributed by atoms with Crippen molar-refractivity contribution in [2.45, 2.75) is 6.42 Å². The van der Waals surface area contributed by atoms with Gasteiger partial charge in [-0.25, -0.2) is 26.8 Å². The van der Waals surface area contributed by atoms with Crippen molar-refractivity contribution < 1.29 is 16.8 Å². The average molecular weight is 812 g/mol. The van der Waals surface area contributed by atoms with E-state index in [2.05, 4.69) is 20.1 Å². The number of benzene rings is 6. The molecule has 0 aliphatic heterocycles. The monoisotopic (exact) mass is 810 g/mol. The average Bonchev–Trinajstić information content (AvgIpc) is 3.15. The highest BCUT2D eigenvalue weighted by Gasteiger charge is 2.17. The normalized spacial score (nSPS) is 11.5. The van der Waals surface area contributed by atoms with Crippen LogP contribution < -0.4 is 20.1 Å². The van der Waals surface area contributed by atoms with Gasteiger partial charge in [0.1, 0.15) is 0 Å². The Hall–Kier alpha value is -5.66. The first-order chi connectivity index (χ1) is 25.7. The van der Waals surface area contributed by atoms with Crippen molar-refractivity contribution in [2.24, 2.45) is 0 Å². The SMILES string of the molecule is Cl.Cl.O=S(=O)(CCCS(=O)(=O)Nc1ccc(Nc2c3ccccc3nc3ccccc23)cc1)Nc1ccc(Nc2c3ccccc3nc3ccccc23)cc1. The Morgan fingerprint density at radius 1 is 0.382 bits per heavy atom. The van der Waals surface area contributed by atoms with Gasteiger partial charge < -0.3 is 10.6 Å². The summed E-state index contributed by atoms with van der Waals surface area (Å²) in [5, 5.41) is 10.8. The van der Waals surface area contributed by atoms with Gasteiger partial charge in [0.25, 0.3) is 0 Å². The molecule has 14 heteroatoms. The molecule has 280 valence electrons. The van der Waals surface area contributed by atoms with Crippen molar-refractivity contribution in [3.05, 3.63) is 146 Å². The van der Waals surface area contributed by atoms with Gasteiger partial charge in [-0.2, -0.15) is 0 Å². The number of pyridine rings is 2. The van der Waals surface area contributed by atoms with Crippen LogP contribution in [0.15, 0.2) is 146 Å². The molecule has 0 fully saturated rings. The second-order valence-electron chi connectivity index (χ2n) is 12.6. The van der Waals surface area contributed by atoms with Crippen LogP contribution in [-0.4, -0.2) is 38.3 Å². The number of anilines is 6. The standard InChI is InChI=1S/C41H34N6O4S2.2ClH/c48-52(49,46-30-22-18-28(19-23-30)42-40-32-10-1-5-14-36(32)44-37-15-6-2-11-33(37)40)26-9-27-53(50,51)47-31-24-20-29(21-25-31)43-41-34-12-3-7-16-38(34)45-39-17-8-4-13-35(39)41;;/h1-8,10-25,46-47H,9,26-27H2,(H,42,44)(H,43,45);2*1H. The molecule has 8 rings (SSSR count). The number of sulfonamides is 2. The van der Waals surface area contributed by atoms with Crippen LogP contribution in [0.1, 0.15) is 6.42 Å². The van der Waals surface area contributed by atoms with Crippen molar-refractivity contribution in [3.8, 4) is 0 Å². The molecule has 0 unspecified atom stereocenters. The number of fused-ring (bicyclic) bond motifs is 4. The number of aromatic nitrogens is 2. The third-order valence-electron chi connectivity index (χ3n) is 8.86. The number of halogens is 2. The molecule has 0 radical (unpaired) electrons. The molecule has 2 heterocycles. The molecule has 0 spiro atoms. The van der Waals surface area contributed by atoms with Crippen LogP contribution in [0.3, 0.4) is 0 Å². The summed E-state index contributed by atoms with van der Waals surface area (Å²) < 4.78 is 56.7. The fourth-order valence-corrected chi connectivity index (χ4v) is 8.81. The molecule has 0 saturated heterocycles. The van der Waals surface area contributed by atoms with E-state index >= 15 is 0 Å². The van der Waals surface area contributed by atoms with E-state index in [4.69, 9.17) is 9.97 Å². The molecule has 0 bridgehead atoms. The Bertz CT molecular complexity index is 2560. The molecule has 0 amide bonds. The lowest BCUT2D eigenvalue weighted by molar-refractivity contribution is 0.595. The number of hydrogen-bond acceptors (Lipinski definition) is 8. The van der Waals surface area contributed by atoms with Crippen LogP contribution in [0.4, 0.5) is 34.1 Å². The fourth-order valence-electron chi connectivity index (χ4n) is 6.38. The van der Waals surface area contributed by atoms with Gasteiger partial charge in [-0.1, -0.05) is 72.8 Å². The molecule has 0 atom stereocenters. The van der Waals surface area contributed by atoms with Gasteiger partial charge in [0.05, 0.1) is 44.9 Å². The summed E-state index contributed by atoms with van der Waals surface area (Å²) >= 11 is 0. The molecule has 0 aliphatic rings. The Morgan fingerprint density at radius 3 is 0.964 bits per heavy atom. The Balaban J connectivity index is 0.00000257. The van der Waals surface area contributed by atoms with Crippen LogP contribution in [0, 0.1) is 0 Å². The number of hydrogen-bond donors (Lipinski definition) is 4. The van der Waals surface area contributed by atoms with Crippen molar-refractivity contribution >= 4 is 123 Å². The zero-order valence-electron chi connectivity index (χ0n) is 29.1. The molecule has 6 aromatic carbocycles. The quantitative estimate of drug-likeness (QED) is 0.0894. The summed E-state index contributed by atoms with van der Waals surface area (Å²) in [6.45, 7) is 0. The van der Waals surface area contributed by atoms with Gasteiger partial charge in [-0.05, 0) is 79.2 Å². The molecule has 2 aromatic heterocycles. The van der Waals surface area contributed by atoms with E-state index in [9.17, 15) is 16.8 Å². The molecular weight excluding hydrogens is 776 g/mol. The largest absolute Gasteiger partial charge is 0.354 e. The highest BCUT2D eigenvalue weighted by atomic mass is 35.5. The Labute approximate surface area is 331 Å². The summed E-state index contributed by atoms with van der Waals surface area (Å²) in [5.74, 6) is -0.723. The lowest BCUT2D eigenvalue weighted by Gasteiger charge is -2.14. The van der Waals surface area contributed by atoms with Crippen molar-refractivity contribution in [3.63, 3.8) is 0 Å². The first-order valence-corrected chi connectivity index (χ1v) is 20.3. The number of nitrogens with zero attached hydrogens (tertiary/aromatic N) is 2. The van der Waals surface area contributed by atoms with E-state index in [1.54, 1.807) is 48.5 Å². The highest BCUT2D eigenvalue weighted by molar-refractivity contribution is 7.93. The zero-order valence-corrected chi connectivity index (χ0v) is 32.4. The van der Waals surface area contributed by atoms with E-state index < -0.39 is 20.0 Å². The summed E-state index contributed by atoms with van der Waals surface area (Å²) in [4.78, 5) is 9.53. The lowest BCUT2D eigenvalue weighted by atomic mass is 10.1. The van der Waals surface area contributed by atoms with Gasteiger partial charge in [0, 0.05) is 44.3 Å². The second kappa shape index (κ2) is 16.4. The van der Waals surface area contributed by atoms with Gasteiger partial charge in [-0.15, -0.1) is 24.8 Å². The molecule has 0 aliphatic carbocycles. The van der Waals surface area contributed by atoms with E-state index in [0.717, 1.165) is 66.4 Å². The minimum absolute atomic E-state index is 0.